The van der Waals surface area contributed by atoms with Crippen LogP contribution in [0.3, 0.4) is 0 Å². The van der Waals surface area contributed by atoms with Crippen molar-refractivity contribution in [3.8, 4) is 16.3 Å². The summed E-state index contributed by atoms with van der Waals surface area (Å²) in [6.45, 7) is 4.75. The highest BCUT2D eigenvalue weighted by atomic mass is 32.1. The number of likely N-dealkylation sites (N-methyl/N-ethyl adjacent to an activating group) is 1. The molecule has 3 heterocycles. The van der Waals surface area contributed by atoms with Gasteiger partial charge in [-0.05, 0) is 55.6 Å². The van der Waals surface area contributed by atoms with Crippen LogP contribution in [0.2, 0.25) is 0 Å². The van der Waals surface area contributed by atoms with Crippen molar-refractivity contribution in [3.05, 3.63) is 65.4 Å². The number of benzene rings is 1. The number of fused-ring (bicyclic) bond motifs is 1. The van der Waals surface area contributed by atoms with Crippen molar-refractivity contribution in [2.24, 2.45) is 0 Å². The molecule has 0 unspecified atom stereocenters. The van der Waals surface area contributed by atoms with Crippen LogP contribution in [0.15, 0.2) is 54.0 Å². The van der Waals surface area contributed by atoms with Gasteiger partial charge in [-0.15, -0.1) is 11.3 Å². The van der Waals surface area contributed by atoms with Crippen LogP contribution in [-0.2, 0) is 0 Å². The van der Waals surface area contributed by atoms with Crippen molar-refractivity contribution in [1.82, 2.24) is 19.7 Å². The first-order valence-electron chi connectivity index (χ1n) is 10.00. The average molecular weight is 439 g/mol. The predicted octanol–water partition coefficient (Wildman–Crippen LogP) is 5.03. The van der Waals surface area contributed by atoms with Gasteiger partial charge in [-0.25, -0.2) is 14.1 Å². The van der Waals surface area contributed by atoms with Gasteiger partial charge in [-0.2, -0.15) is 5.10 Å². The van der Waals surface area contributed by atoms with Gasteiger partial charge >= 0.3 is 0 Å². The fraction of sp³-hybridized carbons (Fsp3) is 0.261. The van der Waals surface area contributed by atoms with E-state index in [2.05, 4.69) is 5.10 Å². The molecule has 0 bridgehead atoms. The van der Waals surface area contributed by atoms with Crippen LogP contribution in [0.5, 0.6) is 5.75 Å². The van der Waals surface area contributed by atoms with Gasteiger partial charge in [-0.3, -0.25) is 4.79 Å². The number of thiophene rings is 1. The smallest absolute Gasteiger partial charge is 0.254 e. The molecule has 1 amide bonds. The van der Waals surface area contributed by atoms with Gasteiger partial charge in [0.25, 0.3) is 5.91 Å². The van der Waals surface area contributed by atoms with Crippen molar-refractivity contribution in [2.45, 2.75) is 19.9 Å². The Hall–Kier alpha value is -3.26. The van der Waals surface area contributed by atoms with Gasteiger partial charge in [0, 0.05) is 13.1 Å². The topological polar surface area (TPSA) is 60.2 Å². The van der Waals surface area contributed by atoms with Crippen molar-refractivity contribution in [3.63, 3.8) is 0 Å². The van der Waals surface area contributed by atoms with Crippen molar-refractivity contribution >= 4 is 28.3 Å². The lowest BCUT2D eigenvalue weighted by atomic mass is 10.1. The SMILES string of the molecule is CC(C)n1ncc2c(C(=O)N(C)CCOc3ccc(F)cc3)cc(-c3cccs3)nc21. The minimum absolute atomic E-state index is 0.119. The molecular weight excluding hydrogens is 415 g/mol. The van der Waals surface area contributed by atoms with Gasteiger partial charge < -0.3 is 9.64 Å². The number of hydrogen-bond acceptors (Lipinski definition) is 5. The number of hydrogen-bond donors (Lipinski definition) is 0. The van der Waals surface area contributed by atoms with E-state index in [1.165, 1.54) is 12.1 Å². The van der Waals surface area contributed by atoms with Crippen LogP contribution in [0.4, 0.5) is 4.39 Å². The maximum absolute atomic E-state index is 13.3. The van der Waals surface area contributed by atoms with E-state index in [0.717, 1.165) is 16.0 Å². The van der Waals surface area contributed by atoms with Crippen molar-refractivity contribution in [2.75, 3.05) is 20.2 Å². The molecule has 0 saturated carbocycles. The number of nitrogens with zero attached hydrogens (tertiary/aromatic N) is 4. The van der Waals surface area contributed by atoms with E-state index in [1.807, 2.05) is 42.1 Å². The van der Waals surface area contributed by atoms with E-state index in [-0.39, 0.29) is 17.8 Å². The summed E-state index contributed by atoms with van der Waals surface area (Å²) in [4.78, 5) is 20.7. The zero-order valence-corrected chi connectivity index (χ0v) is 18.4. The minimum Gasteiger partial charge on any atom is -0.492 e. The zero-order valence-electron chi connectivity index (χ0n) is 17.6. The van der Waals surface area contributed by atoms with Gasteiger partial charge in [0.1, 0.15) is 18.2 Å². The molecule has 0 fully saturated rings. The highest BCUT2D eigenvalue weighted by Gasteiger charge is 2.21. The molecule has 4 rings (SSSR count). The first-order valence-corrected chi connectivity index (χ1v) is 10.9. The summed E-state index contributed by atoms with van der Waals surface area (Å²) in [6, 6.07) is 11.7. The molecule has 4 aromatic rings. The summed E-state index contributed by atoms with van der Waals surface area (Å²) in [5, 5.41) is 7.17. The number of carbonyl (C=O) groups is 1. The van der Waals surface area contributed by atoms with E-state index in [1.54, 1.807) is 41.6 Å². The van der Waals surface area contributed by atoms with Crippen LogP contribution >= 0.6 is 11.3 Å². The Morgan fingerprint density at radius 3 is 2.71 bits per heavy atom. The van der Waals surface area contributed by atoms with Crippen LogP contribution in [-0.4, -0.2) is 45.8 Å². The third kappa shape index (κ3) is 4.44. The van der Waals surface area contributed by atoms with Gasteiger partial charge in [0.2, 0.25) is 0 Å². The zero-order chi connectivity index (χ0) is 22.0. The maximum Gasteiger partial charge on any atom is 0.254 e. The lowest BCUT2D eigenvalue weighted by Gasteiger charge is -2.18. The summed E-state index contributed by atoms with van der Waals surface area (Å²) in [6.07, 6.45) is 1.70. The molecule has 0 N–H and O–H groups in total. The first kappa shape index (κ1) is 21.0. The first-order chi connectivity index (χ1) is 14.9. The van der Waals surface area contributed by atoms with Crippen molar-refractivity contribution < 1.29 is 13.9 Å². The fourth-order valence-electron chi connectivity index (χ4n) is 3.26. The van der Waals surface area contributed by atoms with Gasteiger partial charge in [0.05, 0.1) is 34.3 Å². The predicted molar refractivity (Wildman–Crippen MR) is 120 cm³/mol. The number of aromatic nitrogens is 3. The molecule has 0 aliphatic carbocycles. The molecule has 31 heavy (non-hydrogen) atoms. The lowest BCUT2D eigenvalue weighted by Crippen LogP contribution is -2.31. The highest BCUT2D eigenvalue weighted by Crippen LogP contribution is 2.29. The summed E-state index contributed by atoms with van der Waals surface area (Å²) in [7, 11) is 1.74. The number of ether oxygens (including phenoxy) is 1. The normalized spacial score (nSPS) is 11.3. The molecule has 0 saturated heterocycles. The Bertz CT molecular complexity index is 1190. The lowest BCUT2D eigenvalue weighted by molar-refractivity contribution is 0.0775. The summed E-state index contributed by atoms with van der Waals surface area (Å²) in [5.41, 5.74) is 2.01. The van der Waals surface area contributed by atoms with E-state index in [4.69, 9.17) is 9.72 Å². The van der Waals surface area contributed by atoms with Gasteiger partial charge in [-0.1, -0.05) is 6.07 Å². The van der Waals surface area contributed by atoms with Crippen molar-refractivity contribution in [1.29, 1.82) is 0 Å². The second-order valence-electron chi connectivity index (χ2n) is 7.48. The molecule has 8 heteroatoms. The highest BCUT2D eigenvalue weighted by molar-refractivity contribution is 7.13. The molecule has 3 aromatic heterocycles. The second kappa shape index (κ2) is 8.85. The molecule has 160 valence electrons. The monoisotopic (exact) mass is 438 g/mol. The Kier molecular flexibility index (Phi) is 5.99. The third-order valence-electron chi connectivity index (χ3n) is 4.92. The van der Waals surface area contributed by atoms with Crippen LogP contribution < -0.4 is 4.74 Å². The molecular formula is C23H23FN4O2S. The van der Waals surface area contributed by atoms with Crippen LogP contribution in [0.1, 0.15) is 30.2 Å². The molecule has 0 radical (unpaired) electrons. The van der Waals surface area contributed by atoms with E-state index in [0.29, 0.717) is 30.1 Å². The Morgan fingerprint density at radius 1 is 1.26 bits per heavy atom. The number of amides is 1. The molecule has 0 atom stereocenters. The number of halogens is 1. The summed E-state index contributed by atoms with van der Waals surface area (Å²) in [5.74, 6) is 0.118. The number of pyridine rings is 1. The Morgan fingerprint density at radius 2 is 2.03 bits per heavy atom. The molecule has 1 aromatic carbocycles. The Balaban J connectivity index is 1.59. The minimum atomic E-state index is -0.315. The summed E-state index contributed by atoms with van der Waals surface area (Å²) < 4.78 is 20.5. The molecule has 0 spiro atoms. The molecule has 0 aliphatic heterocycles. The number of rotatable bonds is 7. The van der Waals surface area contributed by atoms with Crippen LogP contribution in [0, 0.1) is 5.82 Å². The standard InChI is InChI=1S/C23H23FN4O2S/c1-15(2)28-22-19(14-25-28)18(13-20(26-22)21-5-4-12-31-21)23(29)27(3)10-11-30-17-8-6-16(24)7-9-17/h4-9,12-15H,10-11H2,1-3H3. The molecule has 0 aliphatic rings. The van der Waals surface area contributed by atoms with Crippen LogP contribution in [0.25, 0.3) is 21.6 Å². The van der Waals surface area contributed by atoms with E-state index < -0.39 is 0 Å². The quantitative estimate of drug-likeness (QED) is 0.406. The third-order valence-corrected chi connectivity index (χ3v) is 5.81. The van der Waals surface area contributed by atoms with E-state index in [9.17, 15) is 9.18 Å². The second-order valence-corrected chi connectivity index (χ2v) is 8.43. The van der Waals surface area contributed by atoms with E-state index >= 15 is 0 Å². The molecule has 6 nitrogen and oxygen atoms in total. The maximum atomic E-state index is 13.3. The Labute approximate surface area is 183 Å². The van der Waals surface area contributed by atoms with Gasteiger partial charge in [0.15, 0.2) is 5.65 Å². The summed E-state index contributed by atoms with van der Waals surface area (Å²) >= 11 is 1.58. The fourth-order valence-corrected chi connectivity index (χ4v) is 3.95. The largest absolute Gasteiger partial charge is 0.492 e. The number of carbonyl (C=O) groups excluding carboxylic acids is 1. The average Bonchev–Trinajstić information content (AvgIpc) is 3.43.